The Bertz CT molecular complexity index is 748. The van der Waals surface area contributed by atoms with E-state index in [1.54, 1.807) is 26.0 Å². The van der Waals surface area contributed by atoms with E-state index in [1.165, 1.54) is 30.3 Å². The number of azo groups is 1. The van der Waals surface area contributed by atoms with Crippen LogP contribution in [-0.2, 0) is 9.47 Å². The third kappa shape index (κ3) is 5.13. The van der Waals surface area contributed by atoms with Crippen LogP contribution in [0.1, 0.15) is 34.6 Å². The van der Waals surface area contributed by atoms with E-state index in [4.69, 9.17) is 9.47 Å². The molecule has 0 aliphatic rings. The van der Waals surface area contributed by atoms with Crippen LogP contribution >= 0.6 is 0 Å². The van der Waals surface area contributed by atoms with Crippen LogP contribution in [0.5, 0.6) is 5.75 Å². The van der Waals surface area contributed by atoms with Gasteiger partial charge in [0.1, 0.15) is 5.75 Å². The van der Waals surface area contributed by atoms with Crippen molar-refractivity contribution in [2.45, 2.75) is 13.8 Å². The molecule has 2 rings (SSSR count). The molecule has 0 aliphatic heterocycles. The lowest BCUT2D eigenvalue weighted by Crippen LogP contribution is -2.09. The molecule has 7 heteroatoms. The summed E-state index contributed by atoms with van der Waals surface area (Å²) >= 11 is 0. The van der Waals surface area contributed by atoms with E-state index in [9.17, 15) is 14.7 Å². The largest absolute Gasteiger partial charge is 0.508 e. The molecule has 0 amide bonds. The molecule has 0 saturated heterocycles. The molecule has 0 spiro atoms. The van der Waals surface area contributed by atoms with E-state index in [-0.39, 0.29) is 30.1 Å². The molecule has 0 heterocycles. The number of rotatable bonds is 6. The van der Waals surface area contributed by atoms with Crippen LogP contribution in [0.15, 0.2) is 52.7 Å². The van der Waals surface area contributed by atoms with Crippen molar-refractivity contribution in [3.63, 3.8) is 0 Å². The molecule has 0 atom stereocenters. The van der Waals surface area contributed by atoms with Crippen LogP contribution in [-0.4, -0.2) is 30.3 Å². The molecule has 0 radical (unpaired) electrons. The van der Waals surface area contributed by atoms with Gasteiger partial charge in [-0.25, -0.2) is 9.59 Å². The van der Waals surface area contributed by atoms with Crippen LogP contribution in [0.4, 0.5) is 11.4 Å². The standard InChI is InChI=1S/C18H18N2O5/c1-3-24-17(22)12-9-13(18(23)25-4-2)11-15(10-12)20-19-14-5-7-16(21)8-6-14/h5-11,21H,3-4H2,1-2H3. The summed E-state index contributed by atoms with van der Waals surface area (Å²) in [4.78, 5) is 23.9. The summed E-state index contributed by atoms with van der Waals surface area (Å²) in [6.07, 6.45) is 0. The number of hydrogen-bond donors (Lipinski definition) is 1. The van der Waals surface area contributed by atoms with Gasteiger partial charge in [0.2, 0.25) is 0 Å². The lowest BCUT2D eigenvalue weighted by atomic mass is 10.1. The lowest BCUT2D eigenvalue weighted by molar-refractivity contribution is 0.0525. The lowest BCUT2D eigenvalue weighted by Gasteiger charge is -2.06. The topological polar surface area (TPSA) is 97.5 Å². The maximum absolute atomic E-state index is 12.0. The first-order valence-electron chi connectivity index (χ1n) is 7.73. The molecular weight excluding hydrogens is 324 g/mol. The fraction of sp³-hybridized carbons (Fsp3) is 0.222. The van der Waals surface area contributed by atoms with Crippen LogP contribution in [0, 0.1) is 0 Å². The molecule has 1 N–H and O–H groups in total. The Balaban J connectivity index is 2.36. The van der Waals surface area contributed by atoms with E-state index < -0.39 is 11.9 Å². The highest BCUT2D eigenvalue weighted by molar-refractivity contribution is 5.96. The zero-order valence-electron chi connectivity index (χ0n) is 13.9. The summed E-state index contributed by atoms with van der Waals surface area (Å²) in [5.74, 6) is -1.00. The Morgan fingerprint density at radius 1 is 0.840 bits per heavy atom. The van der Waals surface area contributed by atoms with E-state index in [0.717, 1.165) is 0 Å². The maximum Gasteiger partial charge on any atom is 0.338 e. The summed E-state index contributed by atoms with van der Waals surface area (Å²) in [5.41, 5.74) is 1.19. The fourth-order valence-corrected chi connectivity index (χ4v) is 1.97. The fourth-order valence-electron chi connectivity index (χ4n) is 1.97. The van der Waals surface area contributed by atoms with E-state index in [1.807, 2.05) is 0 Å². The molecule has 0 aromatic heterocycles. The van der Waals surface area contributed by atoms with Crippen molar-refractivity contribution in [2.75, 3.05) is 13.2 Å². The molecule has 0 fully saturated rings. The van der Waals surface area contributed by atoms with Gasteiger partial charge < -0.3 is 14.6 Å². The average molecular weight is 342 g/mol. The Morgan fingerprint density at radius 2 is 1.32 bits per heavy atom. The number of hydrogen-bond acceptors (Lipinski definition) is 7. The highest BCUT2D eigenvalue weighted by Crippen LogP contribution is 2.23. The quantitative estimate of drug-likeness (QED) is 0.628. The first-order chi connectivity index (χ1) is 12.0. The molecule has 2 aromatic carbocycles. The minimum absolute atomic E-state index is 0.118. The Morgan fingerprint density at radius 3 is 1.80 bits per heavy atom. The minimum Gasteiger partial charge on any atom is -0.508 e. The highest BCUT2D eigenvalue weighted by atomic mass is 16.5. The number of phenolic OH excluding ortho intramolecular Hbond substituents is 1. The minimum atomic E-state index is -0.560. The number of carbonyl (C=O) groups is 2. The summed E-state index contributed by atoms with van der Waals surface area (Å²) < 4.78 is 9.92. The van der Waals surface area contributed by atoms with Crippen LogP contribution in [0.25, 0.3) is 0 Å². The zero-order valence-corrected chi connectivity index (χ0v) is 13.9. The van der Waals surface area contributed by atoms with Crippen molar-refractivity contribution in [2.24, 2.45) is 10.2 Å². The number of esters is 2. The summed E-state index contributed by atoms with van der Waals surface area (Å²) in [7, 11) is 0. The first-order valence-corrected chi connectivity index (χ1v) is 7.73. The van der Waals surface area contributed by atoms with Crippen LogP contribution in [0.2, 0.25) is 0 Å². The second-order valence-electron chi connectivity index (χ2n) is 4.93. The molecule has 25 heavy (non-hydrogen) atoms. The van der Waals surface area contributed by atoms with Crippen molar-refractivity contribution < 1.29 is 24.2 Å². The van der Waals surface area contributed by atoms with Crippen molar-refractivity contribution in [3.8, 4) is 5.75 Å². The van der Waals surface area contributed by atoms with Gasteiger partial charge in [0, 0.05) is 0 Å². The van der Waals surface area contributed by atoms with Gasteiger partial charge in [0.05, 0.1) is 35.7 Å². The number of carbonyl (C=O) groups excluding carboxylic acids is 2. The molecule has 2 aromatic rings. The molecule has 7 nitrogen and oxygen atoms in total. The first kappa shape index (κ1) is 18.1. The van der Waals surface area contributed by atoms with Gasteiger partial charge in [0.15, 0.2) is 0 Å². The molecule has 0 bridgehead atoms. The molecule has 0 aliphatic carbocycles. The molecule has 0 unspecified atom stereocenters. The van der Waals surface area contributed by atoms with E-state index in [0.29, 0.717) is 11.4 Å². The van der Waals surface area contributed by atoms with Crippen molar-refractivity contribution in [3.05, 3.63) is 53.6 Å². The smallest absolute Gasteiger partial charge is 0.338 e. The maximum atomic E-state index is 12.0. The van der Waals surface area contributed by atoms with Crippen molar-refractivity contribution in [1.82, 2.24) is 0 Å². The Hall–Kier alpha value is -3.22. The van der Waals surface area contributed by atoms with Gasteiger partial charge in [0.25, 0.3) is 0 Å². The van der Waals surface area contributed by atoms with Gasteiger partial charge in [-0.3, -0.25) is 0 Å². The number of ether oxygens (including phenoxy) is 2. The zero-order chi connectivity index (χ0) is 18.2. The van der Waals surface area contributed by atoms with Crippen LogP contribution in [0.3, 0.4) is 0 Å². The van der Waals surface area contributed by atoms with E-state index in [2.05, 4.69) is 10.2 Å². The average Bonchev–Trinajstić information content (AvgIpc) is 2.61. The van der Waals surface area contributed by atoms with Crippen LogP contribution < -0.4 is 0 Å². The van der Waals surface area contributed by atoms with Gasteiger partial charge in [-0.2, -0.15) is 10.2 Å². The van der Waals surface area contributed by atoms with Gasteiger partial charge in [-0.05, 0) is 56.3 Å². The van der Waals surface area contributed by atoms with Crippen molar-refractivity contribution in [1.29, 1.82) is 0 Å². The normalized spacial score (nSPS) is 10.6. The van der Waals surface area contributed by atoms with Gasteiger partial charge >= 0.3 is 11.9 Å². The third-order valence-electron chi connectivity index (χ3n) is 3.07. The summed E-state index contributed by atoms with van der Waals surface area (Å²) in [6.45, 7) is 3.82. The van der Waals surface area contributed by atoms with Gasteiger partial charge in [-0.1, -0.05) is 0 Å². The van der Waals surface area contributed by atoms with E-state index >= 15 is 0 Å². The predicted octanol–water partition coefficient (Wildman–Crippen LogP) is 4.16. The second kappa shape index (κ2) is 8.58. The Labute approximate surface area is 144 Å². The number of phenols is 1. The summed E-state index contributed by atoms with van der Waals surface area (Å²) in [6, 6.07) is 10.5. The molecule has 130 valence electrons. The monoisotopic (exact) mass is 342 g/mol. The highest BCUT2D eigenvalue weighted by Gasteiger charge is 2.14. The summed E-state index contributed by atoms with van der Waals surface area (Å²) in [5, 5.41) is 17.3. The number of aromatic hydroxyl groups is 1. The molecular formula is C18H18N2O5. The Kier molecular flexibility index (Phi) is 6.22. The molecule has 0 saturated carbocycles. The number of benzene rings is 2. The van der Waals surface area contributed by atoms with Gasteiger partial charge in [-0.15, -0.1) is 0 Å². The number of nitrogens with zero attached hydrogens (tertiary/aromatic N) is 2. The van der Waals surface area contributed by atoms with Crippen molar-refractivity contribution >= 4 is 23.3 Å². The SMILES string of the molecule is CCOC(=O)c1cc(N=Nc2ccc(O)cc2)cc(C(=O)OCC)c1. The predicted molar refractivity (Wildman–Crippen MR) is 90.6 cm³/mol. The third-order valence-corrected chi connectivity index (χ3v) is 3.07. The second-order valence-corrected chi connectivity index (χ2v) is 4.93.